The molecule has 0 radical (unpaired) electrons. The Hall–Kier alpha value is -1.76. The van der Waals surface area contributed by atoms with Gasteiger partial charge in [0.05, 0.1) is 10.2 Å². The van der Waals surface area contributed by atoms with Gasteiger partial charge in [-0.25, -0.2) is 4.98 Å². The van der Waals surface area contributed by atoms with Gasteiger partial charge < -0.3 is 9.80 Å². The fourth-order valence-corrected chi connectivity index (χ4v) is 5.26. The highest BCUT2D eigenvalue weighted by molar-refractivity contribution is 7.99. The van der Waals surface area contributed by atoms with Crippen molar-refractivity contribution in [1.29, 1.82) is 0 Å². The van der Waals surface area contributed by atoms with Crippen molar-refractivity contribution in [2.24, 2.45) is 0 Å². The minimum Gasteiger partial charge on any atom is -0.345 e. The van der Waals surface area contributed by atoms with E-state index in [4.69, 9.17) is 16.6 Å². The molecule has 2 aromatic carbocycles. The van der Waals surface area contributed by atoms with E-state index < -0.39 is 0 Å². The second-order valence-corrected chi connectivity index (χ2v) is 9.51. The van der Waals surface area contributed by atoms with Crippen LogP contribution in [0.25, 0.3) is 10.2 Å². The minimum atomic E-state index is 0.111. The van der Waals surface area contributed by atoms with Crippen molar-refractivity contribution in [3.63, 3.8) is 0 Å². The number of hydrogen-bond donors (Lipinski definition) is 0. The highest BCUT2D eigenvalue weighted by Gasteiger charge is 2.24. The fourth-order valence-electron chi connectivity index (χ4n) is 3.37. The fraction of sp³-hybridized carbons (Fsp3) is 0.333. The van der Waals surface area contributed by atoms with Crippen molar-refractivity contribution in [2.75, 3.05) is 36.8 Å². The summed E-state index contributed by atoms with van der Waals surface area (Å²) in [6.07, 6.45) is 0. The van der Waals surface area contributed by atoms with Gasteiger partial charge in [-0.2, -0.15) is 0 Å². The number of carbonyl (C=O) groups excluding carboxylic acids is 1. The van der Waals surface area contributed by atoms with Crippen LogP contribution in [0.5, 0.6) is 0 Å². The van der Waals surface area contributed by atoms with Gasteiger partial charge in [0.1, 0.15) is 0 Å². The summed E-state index contributed by atoms with van der Waals surface area (Å²) in [5, 5.41) is 1.76. The molecule has 4 rings (SSSR count). The Balaban J connectivity index is 1.43. The molecule has 1 aliphatic rings. The number of amides is 1. The van der Waals surface area contributed by atoms with Crippen LogP contribution in [-0.2, 0) is 0 Å². The number of halogens is 1. The maximum absolute atomic E-state index is 12.8. The summed E-state index contributed by atoms with van der Waals surface area (Å²) >= 11 is 9.70. The van der Waals surface area contributed by atoms with E-state index in [2.05, 4.69) is 11.8 Å². The van der Waals surface area contributed by atoms with E-state index in [0.29, 0.717) is 13.1 Å². The third-order valence-electron chi connectivity index (χ3n) is 4.99. The molecule has 4 nitrogen and oxygen atoms in total. The van der Waals surface area contributed by atoms with E-state index in [1.54, 1.807) is 23.1 Å². The van der Waals surface area contributed by atoms with E-state index in [0.717, 1.165) is 50.3 Å². The Bertz CT molecular complexity index is 995. The Morgan fingerprint density at radius 1 is 1.14 bits per heavy atom. The Morgan fingerprint density at radius 3 is 2.54 bits per heavy atom. The summed E-state index contributed by atoms with van der Waals surface area (Å²) in [5.41, 5.74) is 2.77. The number of fused-ring (bicyclic) bond motifs is 1. The second-order valence-electron chi connectivity index (χ2n) is 6.75. The van der Waals surface area contributed by atoms with Crippen molar-refractivity contribution in [1.82, 2.24) is 9.88 Å². The van der Waals surface area contributed by atoms with E-state index in [1.807, 2.05) is 48.2 Å². The van der Waals surface area contributed by atoms with Gasteiger partial charge in [-0.1, -0.05) is 29.9 Å². The summed E-state index contributed by atoms with van der Waals surface area (Å²) in [5.74, 6) is 1.15. The lowest BCUT2D eigenvalue weighted by molar-refractivity contribution is 0.0746. The minimum absolute atomic E-state index is 0.111. The molecule has 1 aromatic heterocycles. The number of piperazine rings is 1. The van der Waals surface area contributed by atoms with Crippen molar-refractivity contribution < 1.29 is 4.79 Å². The normalized spacial score (nSPS) is 14.7. The molecule has 1 saturated heterocycles. The molecule has 0 aliphatic carbocycles. The smallest absolute Gasteiger partial charge is 0.253 e. The summed E-state index contributed by atoms with van der Waals surface area (Å²) < 4.78 is 1.15. The average molecular weight is 432 g/mol. The quantitative estimate of drug-likeness (QED) is 0.523. The molecule has 0 bridgehead atoms. The van der Waals surface area contributed by atoms with Gasteiger partial charge in [-0.3, -0.25) is 4.79 Å². The van der Waals surface area contributed by atoms with E-state index >= 15 is 0 Å². The topological polar surface area (TPSA) is 36.4 Å². The molecule has 0 saturated carbocycles. The van der Waals surface area contributed by atoms with E-state index in [-0.39, 0.29) is 5.91 Å². The number of rotatable bonds is 4. The highest BCUT2D eigenvalue weighted by Crippen LogP contribution is 2.34. The molecular weight excluding hydrogens is 410 g/mol. The lowest BCUT2D eigenvalue weighted by Gasteiger charge is -2.34. The first kappa shape index (κ1) is 19.6. The molecule has 0 spiro atoms. The van der Waals surface area contributed by atoms with Gasteiger partial charge in [0.15, 0.2) is 5.13 Å². The van der Waals surface area contributed by atoms with Crippen LogP contribution in [0.4, 0.5) is 5.13 Å². The molecule has 2 heterocycles. The van der Waals surface area contributed by atoms with Crippen LogP contribution >= 0.6 is 34.7 Å². The van der Waals surface area contributed by atoms with Crippen LogP contribution in [0.3, 0.4) is 0 Å². The van der Waals surface area contributed by atoms with Gasteiger partial charge in [0.2, 0.25) is 0 Å². The van der Waals surface area contributed by atoms with Crippen molar-refractivity contribution in [3.05, 3.63) is 52.5 Å². The molecule has 0 atom stereocenters. The molecule has 0 N–H and O–H groups in total. The van der Waals surface area contributed by atoms with Gasteiger partial charge in [0.25, 0.3) is 5.91 Å². The van der Waals surface area contributed by atoms with Gasteiger partial charge in [0, 0.05) is 41.7 Å². The van der Waals surface area contributed by atoms with Crippen LogP contribution < -0.4 is 4.90 Å². The molecule has 28 heavy (non-hydrogen) atoms. The zero-order valence-electron chi connectivity index (χ0n) is 15.9. The lowest BCUT2D eigenvalue weighted by atomic mass is 10.2. The molecule has 1 amide bonds. The summed E-state index contributed by atoms with van der Waals surface area (Å²) in [4.78, 5) is 23.0. The Morgan fingerprint density at radius 2 is 1.86 bits per heavy atom. The van der Waals surface area contributed by atoms with Crippen molar-refractivity contribution >= 4 is 56.0 Å². The van der Waals surface area contributed by atoms with Crippen LogP contribution in [-0.4, -0.2) is 47.7 Å². The van der Waals surface area contributed by atoms with Crippen LogP contribution in [0, 0.1) is 6.92 Å². The lowest BCUT2D eigenvalue weighted by Crippen LogP contribution is -2.48. The number of aromatic nitrogens is 1. The standard InChI is InChI=1S/C21H22ClN3OS2/c1-3-27-16-6-4-15(5-7-16)20(26)24-10-12-25(13-11-24)21-23-19-14(2)17(22)8-9-18(19)28-21/h4-9H,3,10-13H2,1-2H3. The van der Waals surface area contributed by atoms with Crippen molar-refractivity contribution in [3.8, 4) is 0 Å². The predicted octanol–water partition coefficient (Wildman–Crippen LogP) is 5.33. The van der Waals surface area contributed by atoms with Crippen molar-refractivity contribution in [2.45, 2.75) is 18.7 Å². The zero-order chi connectivity index (χ0) is 19.7. The molecule has 1 fully saturated rings. The first-order valence-electron chi connectivity index (χ1n) is 9.39. The first-order valence-corrected chi connectivity index (χ1v) is 11.6. The highest BCUT2D eigenvalue weighted by atomic mass is 35.5. The second kappa shape index (κ2) is 8.31. The van der Waals surface area contributed by atoms with Gasteiger partial charge in [-0.15, -0.1) is 11.8 Å². The summed E-state index contributed by atoms with van der Waals surface area (Å²) in [7, 11) is 0. The SMILES string of the molecule is CCSc1ccc(C(=O)N2CCN(c3nc4c(C)c(Cl)ccc4s3)CC2)cc1. The number of thioether (sulfide) groups is 1. The molecule has 146 valence electrons. The largest absolute Gasteiger partial charge is 0.345 e. The number of hydrogen-bond acceptors (Lipinski definition) is 5. The Labute approximate surface area is 178 Å². The number of anilines is 1. The van der Waals surface area contributed by atoms with Crippen LogP contribution in [0.15, 0.2) is 41.3 Å². The number of carbonyl (C=O) groups is 1. The van der Waals surface area contributed by atoms with E-state index in [9.17, 15) is 4.79 Å². The maximum Gasteiger partial charge on any atom is 0.253 e. The average Bonchev–Trinajstić information content (AvgIpc) is 3.16. The first-order chi connectivity index (χ1) is 13.6. The third-order valence-corrected chi connectivity index (χ3v) is 7.37. The number of benzene rings is 2. The zero-order valence-corrected chi connectivity index (χ0v) is 18.3. The summed E-state index contributed by atoms with van der Waals surface area (Å²) in [6, 6.07) is 11.9. The molecule has 7 heteroatoms. The maximum atomic E-state index is 12.8. The van der Waals surface area contributed by atoms with Gasteiger partial charge in [-0.05, 0) is 54.6 Å². The molecule has 0 unspecified atom stereocenters. The molecular formula is C21H22ClN3OS2. The number of nitrogens with zero attached hydrogens (tertiary/aromatic N) is 3. The number of thiazole rings is 1. The number of aryl methyl sites for hydroxylation is 1. The molecule has 3 aromatic rings. The molecule has 1 aliphatic heterocycles. The van der Waals surface area contributed by atoms with Crippen LogP contribution in [0.2, 0.25) is 5.02 Å². The third kappa shape index (κ3) is 3.86. The Kier molecular flexibility index (Phi) is 5.80. The van der Waals surface area contributed by atoms with Crippen LogP contribution in [0.1, 0.15) is 22.8 Å². The van der Waals surface area contributed by atoms with E-state index in [1.165, 1.54) is 4.90 Å². The monoisotopic (exact) mass is 431 g/mol. The predicted molar refractivity (Wildman–Crippen MR) is 120 cm³/mol. The summed E-state index contributed by atoms with van der Waals surface area (Å²) in [6.45, 7) is 7.14. The van der Waals surface area contributed by atoms with Gasteiger partial charge >= 0.3 is 0 Å².